The van der Waals surface area contributed by atoms with Gasteiger partial charge < -0.3 is 15.2 Å². The van der Waals surface area contributed by atoms with Crippen molar-refractivity contribution in [1.29, 1.82) is 0 Å². The normalized spacial score (nSPS) is 11.6. The molecule has 154 valence electrons. The molecule has 8 heteroatoms. The Labute approximate surface area is 183 Å². The van der Waals surface area contributed by atoms with Crippen LogP contribution < -0.4 is 10.1 Å². The lowest BCUT2D eigenvalue weighted by atomic mass is 10.0. The van der Waals surface area contributed by atoms with Crippen LogP contribution in [-0.4, -0.2) is 29.1 Å². The molecule has 3 rings (SSSR count). The second-order valence-corrected chi connectivity index (χ2v) is 7.24. The van der Waals surface area contributed by atoms with Crippen molar-refractivity contribution in [2.75, 3.05) is 7.11 Å². The molecule has 0 saturated carbocycles. The Morgan fingerprint density at radius 1 is 1.07 bits per heavy atom. The van der Waals surface area contributed by atoms with Crippen molar-refractivity contribution in [2.45, 2.75) is 12.5 Å². The molecule has 0 aliphatic carbocycles. The van der Waals surface area contributed by atoms with Gasteiger partial charge in [0.05, 0.1) is 19.6 Å². The maximum atomic E-state index is 12.9. The number of hydrogen-bond acceptors (Lipinski definition) is 4. The zero-order valence-electron chi connectivity index (χ0n) is 15.9. The maximum Gasteiger partial charge on any atom is 0.305 e. The average Bonchev–Trinajstić information content (AvgIpc) is 2.73. The van der Waals surface area contributed by atoms with Crippen LogP contribution in [0.15, 0.2) is 60.7 Å². The summed E-state index contributed by atoms with van der Waals surface area (Å²) in [4.78, 5) is 28.6. The summed E-state index contributed by atoms with van der Waals surface area (Å²) in [6.07, 6.45) is -0.324. The fourth-order valence-corrected chi connectivity index (χ4v) is 3.35. The minimum atomic E-state index is -1.07. The molecule has 0 unspecified atom stereocenters. The molecule has 0 aliphatic heterocycles. The first kappa shape index (κ1) is 21.6. The second-order valence-electron chi connectivity index (χ2n) is 6.40. The van der Waals surface area contributed by atoms with Gasteiger partial charge in [-0.1, -0.05) is 53.5 Å². The third-order valence-corrected chi connectivity index (χ3v) is 4.99. The monoisotopic (exact) mass is 444 g/mol. The van der Waals surface area contributed by atoms with Gasteiger partial charge in [-0.05, 0) is 35.9 Å². The van der Waals surface area contributed by atoms with Crippen molar-refractivity contribution in [1.82, 2.24) is 10.3 Å². The van der Waals surface area contributed by atoms with Crippen molar-refractivity contribution < 1.29 is 19.4 Å². The third-order valence-electron chi connectivity index (χ3n) is 4.39. The summed E-state index contributed by atoms with van der Waals surface area (Å²) in [5.74, 6) is -1.11. The Balaban J connectivity index is 1.93. The Kier molecular flexibility index (Phi) is 6.92. The summed E-state index contributed by atoms with van der Waals surface area (Å²) in [5, 5.41) is 12.9. The van der Waals surface area contributed by atoms with Gasteiger partial charge in [0.15, 0.2) is 0 Å². The van der Waals surface area contributed by atoms with Gasteiger partial charge in [-0.2, -0.15) is 0 Å². The molecule has 1 aromatic heterocycles. The fraction of sp³-hybridized carbons (Fsp3) is 0.136. The van der Waals surface area contributed by atoms with E-state index in [0.717, 1.165) is 5.56 Å². The topological polar surface area (TPSA) is 88.5 Å². The molecule has 1 atom stereocenters. The molecular formula is C22H18Cl2N2O4. The Bertz CT molecular complexity index is 1070. The smallest absolute Gasteiger partial charge is 0.305 e. The number of aromatic nitrogens is 1. The lowest BCUT2D eigenvalue weighted by Crippen LogP contribution is -2.31. The summed E-state index contributed by atoms with van der Waals surface area (Å²) < 4.78 is 5.36. The molecular weight excluding hydrogens is 427 g/mol. The van der Waals surface area contributed by atoms with E-state index in [1.165, 1.54) is 13.2 Å². The number of methoxy groups -OCH3 is 1. The highest BCUT2D eigenvalue weighted by atomic mass is 35.5. The van der Waals surface area contributed by atoms with Gasteiger partial charge in [0, 0.05) is 15.6 Å². The Morgan fingerprint density at radius 3 is 2.40 bits per heavy atom. The predicted octanol–water partition coefficient (Wildman–Crippen LogP) is 5.01. The summed E-state index contributed by atoms with van der Waals surface area (Å²) in [6.45, 7) is 0. The maximum absolute atomic E-state index is 12.9. The quantitative estimate of drug-likeness (QED) is 0.534. The van der Waals surface area contributed by atoms with Crippen molar-refractivity contribution in [2.24, 2.45) is 0 Å². The number of halogens is 2. The minimum Gasteiger partial charge on any atom is -0.494 e. The van der Waals surface area contributed by atoms with E-state index in [9.17, 15) is 14.7 Å². The zero-order valence-corrected chi connectivity index (χ0v) is 17.4. The number of aliphatic carboxylic acids is 1. The van der Waals surface area contributed by atoms with Crippen LogP contribution in [0.2, 0.25) is 10.0 Å². The third kappa shape index (κ3) is 5.09. The number of rotatable bonds is 7. The number of carbonyl (C=O) groups is 2. The average molecular weight is 445 g/mol. The van der Waals surface area contributed by atoms with Crippen LogP contribution in [0.4, 0.5) is 0 Å². The first-order valence-corrected chi connectivity index (χ1v) is 9.72. The van der Waals surface area contributed by atoms with Crippen molar-refractivity contribution in [3.8, 4) is 17.0 Å². The zero-order chi connectivity index (χ0) is 21.7. The Morgan fingerprint density at radius 2 is 1.77 bits per heavy atom. The first-order valence-electron chi connectivity index (χ1n) is 8.97. The van der Waals surface area contributed by atoms with Crippen LogP contribution in [0.1, 0.15) is 28.5 Å². The van der Waals surface area contributed by atoms with E-state index in [-0.39, 0.29) is 12.1 Å². The Hall–Kier alpha value is -3.09. The summed E-state index contributed by atoms with van der Waals surface area (Å²) >= 11 is 12.2. The second kappa shape index (κ2) is 9.61. The summed E-state index contributed by atoms with van der Waals surface area (Å²) in [5.41, 5.74) is 1.82. The van der Waals surface area contributed by atoms with E-state index in [1.54, 1.807) is 54.6 Å². The summed E-state index contributed by atoms with van der Waals surface area (Å²) in [6, 6.07) is 16.1. The van der Waals surface area contributed by atoms with E-state index < -0.39 is 17.9 Å². The van der Waals surface area contributed by atoms with Gasteiger partial charge in [-0.15, -0.1) is 0 Å². The van der Waals surface area contributed by atoms with Crippen LogP contribution >= 0.6 is 23.2 Å². The molecule has 0 spiro atoms. The standard InChI is InChI=1S/C22H18Cl2N2O4/c1-30-19-11-10-17(25-21(19)13-6-8-14(23)9-7-13)22(29)26-18(12-20(27)28)15-4-2-3-5-16(15)24/h2-11,18H,12H2,1H3,(H,26,29)(H,27,28)/t18-/m0/s1. The first-order chi connectivity index (χ1) is 14.4. The summed E-state index contributed by atoms with van der Waals surface area (Å²) in [7, 11) is 1.51. The number of nitrogens with one attached hydrogen (secondary N) is 1. The van der Waals surface area contributed by atoms with Gasteiger partial charge in [0.2, 0.25) is 0 Å². The molecule has 3 aromatic rings. The van der Waals surface area contributed by atoms with Crippen LogP contribution in [0, 0.1) is 0 Å². The number of benzene rings is 2. The molecule has 0 radical (unpaired) electrons. The van der Waals surface area contributed by atoms with Crippen LogP contribution in [0.25, 0.3) is 11.3 Å². The highest BCUT2D eigenvalue weighted by Gasteiger charge is 2.22. The SMILES string of the molecule is COc1ccc(C(=O)N[C@@H](CC(=O)O)c2ccccc2Cl)nc1-c1ccc(Cl)cc1. The number of nitrogens with zero attached hydrogens (tertiary/aromatic N) is 1. The van der Waals surface area contributed by atoms with Crippen LogP contribution in [-0.2, 0) is 4.79 Å². The van der Waals surface area contributed by atoms with Crippen molar-refractivity contribution in [3.63, 3.8) is 0 Å². The van der Waals surface area contributed by atoms with E-state index in [1.807, 2.05) is 0 Å². The predicted molar refractivity (Wildman–Crippen MR) is 115 cm³/mol. The number of carbonyl (C=O) groups excluding carboxylic acids is 1. The molecule has 2 aromatic carbocycles. The fourth-order valence-electron chi connectivity index (χ4n) is 2.96. The van der Waals surface area contributed by atoms with Crippen molar-refractivity contribution >= 4 is 35.1 Å². The molecule has 2 N–H and O–H groups in total. The number of carboxylic acids is 1. The minimum absolute atomic E-state index is 0.114. The molecule has 0 bridgehead atoms. The van der Waals surface area contributed by atoms with Gasteiger partial charge in [-0.25, -0.2) is 4.98 Å². The van der Waals surface area contributed by atoms with Crippen LogP contribution in [0.3, 0.4) is 0 Å². The van der Waals surface area contributed by atoms with Crippen molar-refractivity contribution in [3.05, 3.63) is 82.0 Å². The molecule has 0 fully saturated rings. The molecule has 1 amide bonds. The molecule has 30 heavy (non-hydrogen) atoms. The largest absolute Gasteiger partial charge is 0.494 e. The number of pyridine rings is 1. The van der Waals surface area contributed by atoms with Gasteiger partial charge in [0.1, 0.15) is 17.1 Å². The highest BCUT2D eigenvalue weighted by Crippen LogP contribution is 2.30. The molecule has 6 nitrogen and oxygen atoms in total. The van der Waals surface area contributed by atoms with E-state index in [2.05, 4.69) is 10.3 Å². The van der Waals surface area contributed by atoms with Gasteiger partial charge >= 0.3 is 5.97 Å². The van der Waals surface area contributed by atoms with E-state index in [0.29, 0.717) is 27.1 Å². The van der Waals surface area contributed by atoms with Gasteiger partial charge in [-0.3, -0.25) is 9.59 Å². The lowest BCUT2D eigenvalue weighted by Gasteiger charge is -2.19. The molecule has 0 aliphatic rings. The lowest BCUT2D eigenvalue weighted by molar-refractivity contribution is -0.137. The number of ether oxygens (including phenoxy) is 1. The van der Waals surface area contributed by atoms with Gasteiger partial charge in [0.25, 0.3) is 5.91 Å². The van der Waals surface area contributed by atoms with E-state index in [4.69, 9.17) is 27.9 Å². The molecule has 1 heterocycles. The number of amides is 1. The highest BCUT2D eigenvalue weighted by molar-refractivity contribution is 6.31. The van der Waals surface area contributed by atoms with E-state index >= 15 is 0 Å². The molecule has 0 saturated heterocycles. The van der Waals surface area contributed by atoms with Crippen LogP contribution in [0.5, 0.6) is 5.75 Å². The number of hydrogen-bond donors (Lipinski definition) is 2. The number of carboxylic acid groups (broad SMARTS) is 1.